The molecule has 0 aliphatic carbocycles. The first kappa shape index (κ1) is 12.9. The van der Waals surface area contributed by atoms with Crippen molar-refractivity contribution in [3.63, 3.8) is 0 Å². The van der Waals surface area contributed by atoms with Crippen molar-refractivity contribution in [2.75, 3.05) is 19.0 Å². The largest absolute Gasteiger partial charge is 0.464 e. The first-order valence-corrected chi connectivity index (χ1v) is 6.00. The van der Waals surface area contributed by atoms with Gasteiger partial charge in [0.25, 0.3) is 0 Å². The van der Waals surface area contributed by atoms with Crippen molar-refractivity contribution in [3.05, 3.63) is 47.1 Å². The number of nitrogens with zero attached hydrogens (tertiary/aromatic N) is 1. The highest BCUT2D eigenvalue weighted by Crippen LogP contribution is 2.26. The van der Waals surface area contributed by atoms with Crippen LogP contribution in [0.3, 0.4) is 0 Å². The molecule has 5 heteroatoms. The second-order valence-electron chi connectivity index (χ2n) is 3.96. The summed E-state index contributed by atoms with van der Waals surface area (Å²) in [7, 11) is 1.65. The van der Waals surface area contributed by atoms with E-state index in [4.69, 9.17) is 20.8 Å². The van der Waals surface area contributed by atoms with Crippen LogP contribution in [-0.4, -0.2) is 18.7 Å². The summed E-state index contributed by atoms with van der Waals surface area (Å²) in [4.78, 5) is 3.95. The predicted molar refractivity (Wildman–Crippen MR) is 70.9 cm³/mol. The Morgan fingerprint density at radius 2 is 2.28 bits per heavy atom. The van der Waals surface area contributed by atoms with Gasteiger partial charge in [-0.1, -0.05) is 11.6 Å². The zero-order valence-electron chi connectivity index (χ0n) is 10.3. The van der Waals surface area contributed by atoms with Crippen LogP contribution < -0.4 is 5.32 Å². The lowest BCUT2D eigenvalue weighted by atomic mass is 10.2. The Kier molecular flexibility index (Phi) is 4.23. The summed E-state index contributed by atoms with van der Waals surface area (Å²) in [6.07, 6.45) is 3.28. The Balaban J connectivity index is 2.19. The van der Waals surface area contributed by atoms with Crippen LogP contribution >= 0.6 is 11.6 Å². The second-order valence-corrected chi connectivity index (χ2v) is 4.36. The molecule has 0 radical (unpaired) electrons. The maximum atomic E-state index is 6.06. The number of halogens is 1. The molecule has 2 aromatic heterocycles. The molecule has 0 bridgehead atoms. The number of aryl methyl sites for hydroxylation is 1. The van der Waals surface area contributed by atoms with Crippen LogP contribution in [0.2, 0.25) is 5.02 Å². The molecule has 0 fully saturated rings. The van der Waals surface area contributed by atoms with Gasteiger partial charge >= 0.3 is 0 Å². The molecule has 18 heavy (non-hydrogen) atoms. The van der Waals surface area contributed by atoms with E-state index in [0.717, 1.165) is 17.2 Å². The topological polar surface area (TPSA) is 47.3 Å². The van der Waals surface area contributed by atoms with Crippen LogP contribution in [0.5, 0.6) is 0 Å². The van der Waals surface area contributed by atoms with Gasteiger partial charge in [-0.05, 0) is 25.1 Å². The molecule has 2 aromatic rings. The molecule has 0 aliphatic rings. The molecule has 1 N–H and O–H groups in total. The monoisotopic (exact) mass is 266 g/mol. The molecule has 0 saturated heterocycles. The third-order valence-electron chi connectivity index (χ3n) is 2.54. The number of hydrogen-bond donors (Lipinski definition) is 1. The van der Waals surface area contributed by atoms with E-state index in [2.05, 4.69) is 10.3 Å². The van der Waals surface area contributed by atoms with Crippen molar-refractivity contribution in [2.45, 2.75) is 13.0 Å². The van der Waals surface area contributed by atoms with Crippen molar-refractivity contribution in [3.8, 4) is 0 Å². The van der Waals surface area contributed by atoms with Gasteiger partial charge in [0.1, 0.15) is 17.6 Å². The molecule has 4 nitrogen and oxygen atoms in total. The van der Waals surface area contributed by atoms with Crippen molar-refractivity contribution in [1.82, 2.24) is 4.98 Å². The Morgan fingerprint density at radius 1 is 1.44 bits per heavy atom. The summed E-state index contributed by atoms with van der Waals surface area (Å²) in [6.45, 7) is 2.40. The molecule has 0 aliphatic heterocycles. The molecule has 0 aromatic carbocycles. The number of furan rings is 1. The van der Waals surface area contributed by atoms with Gasteiger partial charge in [0.15, 0.2) is 0 Å². The van der Waals surface area contributed by atoms with Crippen LogP contribution in [-0.2, 0) is 4.74 Å². The lowest BCUT2D eigenvalue weighted by Crippen LogP contribution is -2.15. The lowest BCUT2D eigenvalue weighted by Gasteiger charge is -2.17. The van der Waals surface area contributed by atoms with Gasteiger partial charge in [0, 0.05) is 19.5 Å². The van der Waals surface area contributed by atoms with E-state index in [1.807, 2.05) is 25.1 Å². The molecule has 2 rings (SSSR count). The van der Waals surface area contributed by atoms with Crippen molar-refractivity contribution in [1.29, 1.82) is 0 Å². The normalized spacial score (nSPS) is 12.4. The molecule has 1 atom stereocenters. The van der Waals surface area contributed by atoms with E-state index in [0.29, 0.717) is 11.6 Å². The van der Waals surface area contributed by atoms with E-state index in [1.54, 1.807) is 19.5 Å². The molecular formula is C13H15ClN2O2. The predicted octanol–water partition coefficient (Wildman–Crippen LogP) is 3.44. The molecule has 0 amide bonds. The zero-order chi connectivity index (χ0) is 13.0. The first-order chi connectivity index (χ1) is 8.70. The number of nitrogens with one attached hydrogen (secondary N) is 1. The summed E-state index contributed by atoms with van der Waals surface area (Å²) in [5.41, 5.74) is 0.808. The zero-order valence-corrected chi connectivity index (χ0v) is 11.1. The van der Waals surface area contributed by atoms with Crippen LogP contribution in [0.15, 0.2) is 35.0 Å². The van der Waals surface area contributed by atoms with Crippen LogP contribution in [0, 0.1) is 6.92 Å². The van der Waals surface area contributed by atoms with Gasteiger partial charge in [-0.2, -0.15) is 0 Å². The van der Waals surface area contributed by atoms with Crippen LogP contribution in [0.1, 0.15) is 17.6 Å². The number of ether oxygens (including phenoxy) is 1. The van der Waals surface area contributed by atoms with E-state index in [1.165, 1.54) is 0 Å². The smallest absolute Gasteiger partial charge is 0.128 e. The Hall–Kier alpha value is -1.52. The van der Waals surface area contributed by atoms with Gasteiger partial charge < -0.3 is 14.5 Å². The van der Waals surface area contributed by atoms with Crippen LogP contribution in [0.25, 0.3) is 0 Å². The maximum Gasteiger partial charge on any atom is 0.128 e. The van der Waals surface area contributed by atoms with Gasteiger partial charge in [-0.25, -0.2) is 0 Å². The minimum atomic E-state index is -0.0800. The number of rotatable bonds is 5. The third-order valence-corrected chi connectivity index (χ3v) is 2.84. The molecule has 96 valence electrons. The summed E-state index contributed by atoms with van der Waals surface area (Å²) in [5, 5.41) is 3.86. The van der Waals surface area contributed by atoms with E-state index in [-0.39, 0.29) is 6.04 Å². The highest BCUT2D eigenvalue weighted by molar-refractivity contribution is 6.33. The SMILES string of the molecule is COCC(Nc1ccncc1Cl)c1ccc(C)o1. The number of anilines is 1. The number of methoxy groups -OCH3 is 1. The highest BCUT2D eigenvalue weighted by atomic mass is 35.5. The van der Waals surface area contributed by atoms with Gasteiger partial charge in [0.2, 0.25) is 0 Å². The average Bonchev–Trinajstić information content (AvgIpc) is 2.78. The fraction of sp³-hybridized carbons (Fsp3) is 0.308. The lowest BCUT2D eigenvalue weighted by molar-refractivity contribution is 0.178. The Morgan fingerprint density at radius 3 is 2.89 bits per heavy atom. The minimum Gasteiger partial charge on any atom is -0.464 e. The summed E-state index contributed by atoms with van der Waals surface area (Å²) >= 11 is 6.06. The molecule has 1 unspecified atom stereocenters. The highest BCUT2D eigenvalue weighted by Gasteiger charge is 2.16. The van der Waals surface area contributed by atoms with Gasteiger partial charge in [-0.3, -0.25) is 4.98 Å². The quantitative estimate of drug-likeness (QED) is 0.901. The van der Waals surface area contributed by atoms with E-state index in [9.17, 15) is 0 Å². The average molecular weight is 267 g/mol. The molecule has 0 saturated carbocycles. The number of pyridine rings is 1. The second kappa shape index (κ2) is 5.89. The standard InChI is InChI=1S/C13H15ClN2O2/c1-9-3-4-13(18-9)12(8-17-2)16-11-5-6-15-7-10(11)14/h3-7,12H,8H2,1-2H3,(H,15,16). The van der Waals surface area contributed by atoms with E-state index < -0.39 is 0 Å². The fourth-order valence-electron chi connectivity index (χ4n) is 1.68. The Bertz CT molecular complexity index is 513. The van der Waals surface area contributed by atoms with Gasteiger partial charge in [0.05, 0.1) is 17.3 Å². The maximum absolute atomic E-state index is 6.06. The van der Waals surface area contributed by atoms with Gasteiger partial charge in [-0.15, -0.1) is 0 Å². The Labute approximate surface area is 111 Å². The van der Waals surface area contributed by atoms with Crippen molar-refractivity contribution in [2.24, 2.45) is 0 Å². The number of aromatic nitrogens is 1. The molecule has 2 heterocycles. The fourth-order valence-corrected chi connectivity index (χ4v) is 1.86. The van der Waals surface area contributed by atoms with Crippen molar-refractivity contribution < 1.29 is 9.15 Å². The van der Waals surface area contributed by atoms with Crippen molar-refractivity contribution >= 4 is 17.3 Å². The summed E-state index contributed by atoms with van der Waals surface area (Å²) < 4.78 is 10.8. The minimum absolute atomic E-state index is 0.0800. The summed E-state index contributed by atoms with van der Waals surface area (Å²) in [5.74, 6) is 1.69. The first-order valence-electron chi connectivity index (χ1n) is 5.62. The summed E-state index contributed by atoms with van der Waals surface area (Å²) in [6, 6.07) is 5.60. The third kappa shape index (κ3) is 3.03. The van der Waals surface area contributed by atoms with Crippen LogP contribution in [0.4, 0.5) is 5.69 Å². The molecular weight excluding hydrogens is 252 g/mol. The molecule has 0 spiro atoms. The number of hydrogen-bond acceptors (Lipinski definition) is 4. The van der Waals surface area contributed by atoms with E-state index >= 15 is 0 Å².